The summed E-state index contributed by atoms with van der Waals surface area (Å²) < 4.78 is 70.9. The molecule has 0 saturated carbocycles. The fourth-order valence-corrected chi connectivity index (χ4v) is 1.85. The van der Waals surface area contributed by atoms with Crippen molar-refractivity contribution in [2.45, 2.75) is 31.8 Å². The van der Waals surface area contributed by atoms with Crippen LogP contribution in [0, 0.1) is 6.92 Å². The molecular formula is C8H10F4N2O2S. The van der Waals surface area contributed by atoms with Crippen molar-refractivity contribution in [3.8, 4) is 0 Å². The molecule has 0 radical (unpaired) electrons. The highest BCUT2D eigenvalue weighted by Crippen LogP contribution is 2.30. The topological polar surface area (TPSA) is 52.0 Å². The molecule has 0 bridgehead atoms. The summed E-state index contributed by atoms with van der Waals surface area (Å²) in [5, 5.41) is 3.53. The van der Waals surface area contributed by atoms with Gasteiger partial charge in [-0.2, -0.15) is 26.7 Å². The lowest BCUT2D eigenvalue weighted by molar-refractivity contribution is -0.165. The first-order valence-electron chi connectivity index (χ1n) is 4.54. The molecule has 0 saturated heterocycles. The second-order valence-electron chi connectivity index (χ2n) is 3.62. The Morgan fingerprint density at radius 3 is 2.41 bits per heavy atom. The molecule has 0 aromatic carbocycles. The Hall–Kier alpha value is -1.12. The number of halogens is 4. The summed E-state index contributed by atoms with van der Waals surface area (Å²) in [6.45, 7) is 2.19. The molecule has 0 N–H and O–H groups in total. The minimum absolute atomic E-state index is 0.0577. The average Bonchev–Trinajstić information content (AvgIpc) is 2.42. The van der Waals surface area contributed by atoms with Crippen LogP contribution in [0.2, 0.25) is 0 Å². The van der Waals surface area contributed by atoms with Crippen molar-refractivity contribution in [1.29, 1.82) is 0 Å². The van der Waals surface area contributed by atoms with Crippen molar-refractivity contribution in [2.75, 3.05) is 0 Å². The molecule has 1 aromatic heterocycles. The lowest BCUT2D eigenvalue weighted by atomic mass is 10.3. The fourth-order valence-electron chi connectivity index (χ4n) is 1.20. The lowest BCUT2D eigenvalue weighted by Crippen LogP contribution is -2.24. The molecule has 1 aromatic rings. The van der Waals surface area contributed by atoms with E-state index in [2.05, 4.69) is 5.10 Å². The van der Waals surface area contributed by atoms with Gasteiger partial charge >= 0.3 is 16.4 Å². The van der Waals surface area contributed by atoms with E-state index < -0.39 is 28.2 Å². The number of rotatable bonds is 3. The van der Waals surface area contributed by atoms with E-state index in [-0.39, 0.29) is 11.3 Å². The van der Waals surface area contributed by atoms with Gasteiger partial charge in [0, 0.05) is 11.8 Å². The fraction of sp³-hybridized carbons (Fsp3) is 0.625. The van der Waals surface area contributed by atoms with Gasteiger partial charge in [-0.15, -0.1) is 3.89 Å². The van der Waals surface area contributed by atoms with E-state index in [4.69, 9.17) is 0 Å². The Kier molecular flexibility index (Phi) is 3.51. The van der Waals surface area contributed by atoms with E-state index in [9.17, 15) is 25.5 Å². The minimum atomic E-state index is -4.78. The number of nitrogens with zero attached hydrogens (tertiary/aromatic N) is 2. The predicted molar refractivity (Wildman–Crippen MR) is 51.5 cm³/mol. The first-order valence-corrected chi connectivity index (χ1v) is 6.09. The first-order chi connectivity index (χ1) is 7.50. The third kappa shape index (κ3) is 3.69. The van der Waals surface area contributed by atoms with E-state index in [1.807, 2.05) is 0 Å². The van der Waals surface area contributed by atoms with Crippen LogP contribution < -0.4 is 0 Å². The Morgan fingerprint density at radius 1 is 1.47 bits per heavy atom. The molecule has 0 amide bonds. The monoisotopic (exact) mass is 274 g/mol. The Labute approximate surface area is 95.4 Å². The van der Waals surface area contributed by atoms with E-state index in [0.717, 1.165) is 13.1 Å². The quantitative estimate of drug-likeness (QED) is 0.626. The van der Waals surface area contributed by atoms with Gasteiger partial charge in [0.05, 0.1) is 5.69 Å². The number of hydrogen-bond acceptors (Lipinski definition) is 3. The van der Waals surface area contributed by atoms with E-state index in [1.54, 1.807) is 0 Å². The second-order valence-corrected chi connectivity index (χ2v) is 4.99. The zero-order valence-electron chi connectivity index (χ0n) is 8.99. The predicted octanol–water partition coefficient (Wildman–Crippen LogP) is 2.11. The molecule has 0 aliphatic heterocycles. The van der Waals surface area contributed by atoms with Crippen LogP contribution in [0.4, 0.5) is 17.1 Å². The molecule has 98 valence electrons. The van der Waals surface area contributed by atoms with E-state index in [1.165, 1.54) is 6.92 Å². The summed E-state index contributed by atoms with van der Waals surface area (Å²) in [4.78, 5) is 0. The van der Waals surface area contributed by atoms with Gasteiger partial charge in [0.25, 0.3) is 0 Å². The molecule has 0 aliphatic carbocycles. The van der Waals surface area contributed by atoms with Crippen LogP contribution in [0.1, 0.15) is 24.2 Å². The molecule has 0 aliphatic rings. The van der Waals surface area contributed by atoms with Crippen molar-refractivity contribution in [2.24, 2.45) is 0 Å². The van der Waals surface area contributed by atoms with Crippen molar-refractivity contribution in [1.82, 2.24) is 9.78 Å². The summed E-state index contributed by atoms with van der Waals surface area (Å²) in [5.74, 6) is -0.969. The number of aryl methyl sites for hydroxylation is 1. The molecule has 1 atom stereocenters. The SMILES string of the molecule is Cc1nn(C(C)C(F)(F)F)cc1CS(=O)(=O)F. The van der Waals surface area contributed by atoms with Gasteiger partial charge in [-0.1, -0.05) is 0 Å². The summed E-state index contributed by atoms with van der Waals surface area (Å²) in [6.07, 6.45) is -3.60. The van der Waals surface area contributed by atoms with Crippen molar-refractivity contribution >= 4 is 10.2 Å². The molecule has 17 heavy (non-hydrogen) atoms. The zero-order valence-corrected chi connectivity index (χ0v) is 9.81. The van der Waals surface area contributed by atoms with Crippen molar-refractivity contribution < 1.29 is 25.5 Å². The molecule has 0 fully saturated rings. The van der Waals surface area contributed by atoms with Crippen LogP contribution in [0.3, 0.4) is 0 Å². The number of aromatic nitrogens is 2. The summed E-state index contributed by atoms with van der Waals surface area (Å²) in [6, 6.07) is -1.89. The Bertz CT molecular complexity index is 506. The average molecular weight is 274 g/mol. The summed E-state index contributed by atoms with van der Waals surface area (Å²) in [5.41, 5.74) is -0.0223. The van der Waals surface area contributed by atoms with Crippen LogP contribution in [0.25, 0.3) is 0 Å². The van der Waals surface area contributed by atoms with Crippen LogP contribution in [0.5, 0.6) is 0 Å². The molecule has 1 unspecified atom stereocenters. The molecule has 9 heteroatoms. The van der Waals surface area contributed by atoms with Gasteiger partial charge < -0.3 is 0 Å². The van der Waals surface area contributed by atoms with Gasteiger partial charge in [0.1, 0.15) is 11.8 Å². The van der Waals surface area contributed by atoms with Crippen LogP contribution in [-0.2, 0) is 16.0 Å². The maximum absolute atomic E-state index is 12.4. The van der Waals surface area contributed by atoms with Crippen LogP contribution >= 0.6 is 0 Å². The third-order valence-electron chi connectivity index (χ3n) is 2.22. The van der Waals surface area contributed by atoms with Gasteiger partial charge in [0.15, 0.2) is 0 Å². The normalized spacial score (nSPS) is 14.9. The second kappa shape index (κ2) is 4.28. The minimum Gasteiger partial charge on any atom is -0.260 e. The molecule has 0 spiro atoms. The maximum Gasteiger partial charge on any atom is 0.410 e. The standard InChI is InChI=1S/C8H10F4N2O2S/c1-5-7(4-17(12,15)16)3-14(13-5)6(2)8(9,10)11/h3,6H,4H2,1-2H3. The van der Waals surface area contributed by atoms with Gasteiger partial charge in [-0.25, -0.2) is 0 Å². The highest BCUT2D eigenvalue weighted by molar-refractivity contribution is 7.85. The zero-order chi connectivity index (χ0) is 13.4. The maximum atomic E-state index is 12.4. The Morgan fingerprint density at radius 2 is 2.00 bits per heavy atom. The van der Waals surface area contributed by atoms with Gasteiger partial charge in [-0.3, -0.25) is 4.68 Å². The smallest absolute Gasteiger partial charge is 0.260 e. The molecule has 1 rings (SSSR count). The first kappa shape index (κ1) is 13.9. The summed E-state index contributed by atoms with van der Waals surface area (Å²) in [7, 11) is -4.78. The van der Waals surface area contributed by atoms with Crippen LogP contribution in [-0.4, -0.2) is 24.4 Å². The van der Waals surface area contributed by atoms with Gasteiger partial charge in [-0.05, 0) is 13.8 Å². The highest BCUT2D eigenvalue weighted by atomic mass is 32.3. The van der Waals surface area contributed by atoms with E-state index in [0.29, 0.717) is 4.68 Å². The van der Waals surface area contributed by atoms with Crippen LogP contribution in [0.15, 0.2) is 6.20 Å². The highest BCUT2D eigenvalue weighted by Gasteiger charge is 2.38. The van der Waals surface area contributed by atoms with Crippen molar-refractivity contribution in [3.05, 3.63) is 17.5 Å². The molecule has 4 nitrogen and oxygen atoms in total. The third-order valence-corrected chi connectivity index (χ3v) is 2.87. The Balaban J connectivity index is 3.04. The summed E-state index contributed by atoms with van der Waals surface area (Å²) >= 11 is 0. The number of hydrogen-bond donors (Lipinski definition) is 0. The number of alkyl halides is 3. The molecule has 1 heterocycles. The molecular weight excluding hydrogens is 264 g/mol. The van der Waals surface area contributed by atoms with E-state index >= 15 is 0 Å². The van der Waals surface area contributed by atoms with Gasteiger partial charge in [0.2, 0.25) is 0 Å². The van der Waals surface area contributed by atoms with Crippen molar-refractivity contribution in [3.63, 3.8) is 0 Å². The lowest BCUT2D eigenvalue weighted by Gasteiger charge is -2.15. The largest absolute Gasteiger partial charge is 0.410 e.